The van der Waals surface area contributed by atoms with Crippen LogP contribution in [0.2, 0.25) is 0 Å². The number of pyridine rings is 1. The number of carbonyl (C=O) groups excluding carboxylic acids is 3. The lowest BCUT2D eigenvalue weighted by Gasteiger charge is -2.49. The molecule has 0 spiro atoms. The number of oxime groups is 1. The average Bonchev–Trinajstić information content (AvgIpc) is 3.48. The van der Waals surface area contributed by atoms with Crippen molar-refractivity contribution in [2.24, 2.45) is 5.16 Å². The van der Waals surface area contributed by atoms with Crippen LogP contribution in [-0.2, 0) is 25.8 Å². The molecule has 1 unspecified atom stereocenters. The number of aliphatic carboxylic acids is 1. The summed E-state index contributed by atoms with van der Waals surface area (Å²) < 4.78 is 2.52. The molecule has 0 bridgehead atoms. The Morgan fingerprint density at radius 1 is 1.46 bits per heavy atom. The van der Waals surface area contributed by atoms with Gasteiger partial charge in [0.15, 0.2) is 17.4 Å². The van der Waals surface area contributed by atoms with Gasteiger partial charge in [-0.15, -0.1) is 23.1 Å². The zero-order valence-electron chi connectivity index (χ0n) is 19.0. The second-order valence-electron chi connectivity index (χ2n) is 7.80. The zero-order chi connectivity index (χ0) is 26.3. The minimum absolute atomic E-state index is 0.0951. The molecule has 16 heteroatoms. The number of hydrogen-bond donors (Lipinski definition) is 3. The highest BCUT2D eigenvalue weighted by Crippen LogP contribution is 2.40. The van der Waals surface area contributed by atoms with E-state index in [0.29, 0.717) is 22.4 Å². The molecule has 1 saturated heterocycles. The first-order valence-electron chi connectivity index (χ1n) is 10.6. The third kappa shape index (κ3) is 4.32. The van der Waals surface area contributed by atoms with Crippen molar-refractivity contribution in [3.05, 3.63) is 45.8 Å². The fourth-order valence-electron chi connectivity index (χ4n) is 4.10. The first-order valence-corrected chi connectivity index (χ1v) is 13.3. The van der Waals surface area contributed by atoms with Crippen molar-refractivity contribution in [2.75, 3.05) is 18.6 Å². The predicted molar refractivity (Wildman–Crippen MR) is 135 cm³/mol. The summed E-state index contributed by atoms with van der Waals surface area (Å²) in [5, 5.41) is 17.9. The van der Waals surface area contributed by atoms with Gasteiger partial charge in [0, 0.05) is 22.9 Å². The van der Waals surface area contributed by atoms with Crippen LogP contribution in [0.15, 0.2) is 40.3 Å². The summed E-state index contributed by atoms with van der Waals surface area (Å²) in [7, 11) is 1.27. The third-order valence-electron chi connectivity index (χ3n) is 5.68. The molecule has 13 nitrogen and oxygen atoms in total. The number of carbonyl (C=O) groups is 4. The Hall–Kier alpha value is -3.89. The van der Waals surface area contributed by atoms with Gasteiger partial charge in [-0.1, -0.05) is 16.5 Å². The molecule has 5 rings (SSSR count). The van der Waals surface area contributed by atoms with Crippen LogP contribution in [0.25, 0.3) is 10.2 Å². The zero-order valence-corrected chi connectivity index (χ0v) is 21.4. The Bertz CT molecular complexity index is 1510. The van der Waals surface area contributed by atoms with Gasteiger partial charge in [0.2, 0.25) is 11.8 Å². The number of nitrogens with one attached hydrogen (secondary N) is 1. The lowest BCUT2D eigenvalue weighted by Crippen LogP contribution is -2.71. The molecule has 4 N–H and O–H groups in total. The van der Waals surface area contributed by atoms with Crippen molar-refractivity contribution >= 4 is 79.6 Å². The van der Waals surface area contributed by atoms with Gasteiger partial charge < -0.3 is 21.0 Å². The number of fused-ring (bicyclic) bond motifs is 2. The molecule has 2 aliphatic heterocycles. The summed E-state index contributed by atoms with van der Waals surface area (Å²) in [5.74, 6) is -2.29. The highest BCUT2D eigenvalue weighted by Gasteiger charge is 2.55. The number of amides is 2. The Morgan fingerprint density at radius 2 is 2.27 bits per heavy atom. The molecule has 190 valence electrons. The van der Waals surface area contributed by atoms with E-state index in [9.17, 15) is 24.3 Å². The summed E-state index contributed by atoms with van der Waals surface area (Å²) in [4.78, 5) is 64.0. The number of carboxylic acid groups (broad SMARTS) is 1. The van der Waals surface area contributed by atoms with Gasteiger partial charge in [-0.05, 0) is 6.07 Å². The molecule has 0 aromatic carbocycles. The standard InChI is InChI=1S/C21H17N7O6S3/c1-34-26-14(10-8-36-21(22)24-10)17(30)25-15-18(31)28-16(20(32)33)9(7-35-19(15)28)5-27-11-4-23-3-2-12(11)37-13(27)6-29/h2-4,6,8,15,19H,5,7H2,1H3,(H3-,22,24,25,30,32,33)/p+1/b26-14+/t15?,19-/m1/s1. The molecule has 1 fully saturated rings. The van der Waals surface area contributed by atoms with Crippen LogP contribution in [0.3, 0.4) is 0 Å². The van der Waals surface area contributed by atoms with Crippen LogP contribution in [0.5, 0.6) is 0 Å². The summed E-state index contributed by atoms with van der Waals surface area (Å²) in [6.07, 6.45) is 3.92. The molecular weight excluding hydrogens is 542 g/mol. The number of nitrogen functional groups attached to an aromatic ring is 1. The number of aromatic nitrogens is 3. The minimum atomic E-state index is -1.27. The molecular formula is C21H18N7O6S3+. The number of rotatable bonds is 8. The predicted octanol–water partition coefficient (Wildman–Crippen LogP) is 0.224. The highest BCUT2D eigenvalue weighted by molar-refractivity contribution is 8.00. The maximum atomic E-state index is 13.1. The Labute approximate surface area is 220 Å². The number of aldehydes is 1. The minimum Gasteiger partial charge on any atom is -0.477 e. The van der Waals surface area contributed by atoms with Crippen LogP contribution in [-0.4, -0.2) is 74.0 Å². The smallest absolute Gasteiger partial charge is 0.352 e. The molecule has 0 aliphatic carbocycles. The number of β-lactam (4-membered cyclic amide) rings is 1. The van der Waals surface area contributed by atoms with E-state index < -0.39 is 29.2 Å². The van der Waals surface area contributed by atoms with Crippen molar-refractivity contribution in [3.63, 3.8) is 0 Å². The summed E-state index contributed by atoms with van der Waals surface area (Å²) >= 11 is 3.69. The van der Waals surface area contributed by atoms with Gasteiger partial charge >= 0.3 is 11.0 Å². The number of thiazole rings is 2. The lowest BCUT2D eigenvalue weighted by molar-refractivity contribution is -0.660. The van der Waals surface area contributed by atoms with Crippen LogP contribution in [0.4, 0.5) is 5.13 Å². The molecule has 3 aromatic rings. The van der Waals surface area contributed by atoms with Crippen LogP contribution in [0, 0.1) is 0 Å². The number of thioether (sulfide) groups is 1. The Balaban J connectivity index is 1.40. The van der Waals surface area contributed by atoms with Gasteiger partial charge in [0.25, 0.3) is 11.8 Å². The van der Waals surface area contributed by atoms with Crippen molar-refractivity contribution in [3.8, 4) is 0 Å². The van der Waals surface area contributed by atoms with Crippen LogP contribution in [0.1, 0.15) is 15.5 Å². The van der Waals surface area contributed by atoms with E-state index in [1.165, 1.54) is 40.5 Å². The van der Waals surface area contributed by atoms with E-state index >= 15 is 0 Å². The molecule has 37 heavy (non-hydrogen) atoms. The monoisotopic (exact) mass is 560 g/mol. The summed E-state index contributed by atoms with van der Waals surface area (Å²) in [6.45, 7) is 0.0951. The maximum Gasteiger partial charge on any atom is 0.352 e. The molecule has 3 aromatic heterocycles. The van der Waals surface area contributed by atoms with Gasteiger partial charge in [0.05, 0.1) is 6.20 Å². The van der Waals surface area contributed by atoms with Gasteiger partial charge in [-0.25, -0.2) is 9.78 Å². The normalized spacial score (nSPS) is 19.4. The second-order valence-corrected chi connectivity index (χ2v) is 10.9. The lowest BCUT2D eigenvalue weighted by atomic mass is 10.0. The van der Waals surface area contributed by atoms with E-state index in [1.807, 2.05) is 0 Å². The fraction of sp³-hybridized carbons (Fsp3) is 0.238. The SMILES string of the molecule is CO/N=C(/C(=O)NC1C(=O)N2C(C(=O)O)=C(C[n+]3c(C=O)sc4ccncc43)CS[C@H]12)c1csc(N)n1. The summed E-state index contributed by atoms with van der Waals surface area (Å²) in [6, 6.07) is 0.797. The van der Waals surface area contributed by atoms with Gasteiger partial charge in [-0.3, -0.25) is 24.3 Å². The van der Waals surface area contributed by atoms with Crippen LogP contribution < -0.4 is 15.6 Å². The Kier molecular flexibility index (Phi) is 6.61. The van der Waals surface area contributed by atoms with Crippen molar-refractivity contribution in [1.29, 1.82) is 0 Å². The fourth-order valence-corrected chi connectivity index (χ4v) is 6.92. The molecule has 2 atom stereocenters. The van der Waals surface area contributed by atoms with E-state index in [1.54, 1.807) is 23.0 Å². The van der Waals surface area contributed by atoms with E-state index in [-0.39, 0.29) is 34.5 Å². The second kappa shape index (κ2) is 9.87. The number of carboxylic acids is 1. The molecule has 2 aliphatic rings. The molecule has 5 heterocycles. The summed E-state index contributed by atoms with van der Waals surface area (Å²) in [5.41, 5.74) is 6.66. The largest absolute Gasteiger partial charge is 0.477 e. The molecule has 0 radical (unpaired) electrons. The van der Waals surface area contributed by atoms with Crippen molar-refractivity contribution in [2.45, 2.75) is 18.0 Å². The average molecular weight is 561 g/mol. The van der Waals surface area contributed by atoms with Crippen LogP contribution >= 0.6 is 34.4 Å². The van der Waals surface area contributed by atoms with Gasteiger partial charge in [0.1, 0.15) is 34.6 Å². The maximum absolute atomic E-state index is 13.1. The number of anilines is 1. The molecule has 2 amide bonds. The molecule has 0 saturated carbocycles. The first-order chi connectivity index (χ1) is 17.8. The number of nitrogens with zero attached hydrogens (tertiary/aromatic N) is 5. The third-order valence-corrected chi connectivity index (χ3v) is 8.79. The van der Waals surface area contributed by atoms with E-state index in [0.717, 1.165) is 16.0 Å². The van der Waals surface area contributed by atoms with E-state index in [4.69, 9.17) is 10.6 Å². The quantitative estimate of drug-likeness (QED) is 0.113. The number of hydrogen-bond acceptors (Lipinski definition) is 12. The first kappa shape index (κ1) is 24.8. The highest BCUT2D eigenvalue weighted by atomic mass is 32.2. The number of nitrogens with two attached hydrogens (primary N) is 1. The van der Waals surface area contributed by atoms with Crippen molar-refractivity contribution in [1.82, 2.24) is 20.2 Å². The van der Waals surface area contributed by atoms with E-state index in [2.05, 4.69) is 20.4 Å². The Morgan fingerprint density at radius 3 is 2.95 bits per heavy atom. The van der Waals surface area contributed by atoms with Gasteiger partial charge in [-0.2, -0.15) is 4.57 Å². The van der Waals surface area contributed by atoms with Crippen molar-refractivity contribution < 1.29 is 33.7 Å². The topological polar surface area (TPSA) is 181 Å².